The third-order valence-corrected chi connectivity index (χ3v) is 2.97. The molecule has 0 saturated heterocycles. The lowest BCUT2D eigenvalue weighted by atomic mass is 10.1. The van der Waals surface area contributed by atoms with Gasteiger partial charge in [-0.15, -0.1) is 12.4 Å². The van der Waals surface area contributed by atoms with Crippen LogP contribution in [0.5, 0.6) is 0 Å². The number of aryl methyl sites for hydroxylation is 1. The monoisotopic (exact) mass is 313 g/mol. The van der Waals surface area contributed by atoms with E-state index in [0.29, 0.717) is 24.1 Å². The number of benzene rings is 1. The molecule has 1 unspecified atom stereocenters. The van der Waals surface area contributed by atoms with Gasteiger partial charge in [0.1, 0.15) is 0 Å². The fourth-order valence-corrected chi connectivity index (χ4v) is 1.80. The van der Waals surface area contributed by atoms with Gasteiger partial charge in [-0.3, -0.25) is 9.59 Å². The molecule has 3 N–H and O–H groups in total. The van der Waals surface area contributed by atoms with Gasteiger partial charge >= 0.3 is 0 Å². The zero-order valence-corrected chi connectivity index (χ0v) is 13.8. The summed E-state index contributed by atoms with van der Waals surface area (Å²) in [4.78, 5) is 25.1. The Kier molecular flexibility index (Phi) is 7.99. The Balaban J connectivity index is 0.00000400. The van der Waals surface area contributed by atoms with Crippen LogP contribution in [0.1, 0.15) is 35.7 Å². The van der Waals surface area contributed by atoms with Crippen molar-refractivity contribution in [2.45, 2.75) is 32.7 Å². The zero-order valence-electron chi connectivity index (χ0n) is 13.0. The van der Waals surface area contributed by atoms with Gasteiger partial charge in [0.05, 0.1) is 0 Å². The second-order valence-corrected chi connectivity index (χ2v) is 5.29. The molecule has 0 aliphatic rings. The molecule has 1 rings (SSSR count). The molecule has 0 saturated carbocycles. The van der Waals surface area contributed by atoms with Crippen molar-refractivity contribution < 1.29 is 9.59 Å². The first-order valence-electron chi connectivity index (χ1n) is 6.69. The van der Waals surface area contributed by atoms with Crippen molar-refractivity contribution in [2.75, 3.05) is 19.4 Å². The lowest BCUT2D eigenvalue weighted by molar-refractivity contribution is -0.116. The predicted molar refractivity (Wildman–Crippen MR) is 88.0 cm³/mol. The second-order valence-electron chi connectivity index (χ2n) is 5.29. The highest BCUT2D eigenvalue weighted by Crippen LogP contribution is 2.16. The van der Waals surface area contributed by atoms with Gasteiger partial charge in [-0.05, 0) is 44.0 Å². The Hall–Kier alpha value is -1.59. The van der Waals surface area contributed by atoms with Gasteiger partial charge in [0, 0.05) is 37.8 Å². The van der Waals surface area contributed by atoms with Crippen LogP contribution in [0.4, 0.5) is 5.69 Å². The molecule has 1 aromatic carbocycles. The van der Waals surface area contributed by atoms with E-state index in [9.17, 15) is 9.59 Å². The summed E-state index contributed by atoms with van der Waals surface area (Å²) < 4.78 is 0. The first-order valence-corrected chi connectivity index (χ1v) is 6.69. The van der Waals surface area contributed by atoms with Crippen molar-refractivity contribution in [3.05, 3.63) is 29.3 Å². The molecule has 5 nitrogen and oxygen atoms in total. The molecule has 118 valence electrons. The summed E-state index contributed by atoms with van der Waals surface area (Å²) in [7, 11) is 3.43. The van der Waals surface area contributed by atoms with Crippen LogP contribution >= 0.6 is 12.4 Å². The Morgan fingerprint density at radius 2 is 1.95 bits per heavy atom. The van der Waals surface area contributed by atoms with E-state index in [-0.39, 0.29) is 30.3 Å². The maximum Gasteiger partial charge on any atom is 0.253 e. The minimum atomic E-state index is -0.0617. The van der Waals surface area contributed by atoms with Crippen LogP contribution < -0.4 is 11.1 Å². The van der Waals surface area contributed by atoms with Crippen LogP contribution in [0.15, 0.2) is 18.2 Å². The lowest BCUT2D eigenvalue weighted by Crippen LogP contribution is -2.23. The fourth-order valence-electron chi connectivity index (χ4n) is 1.80. The minimum absolute atomic E-state index is 0. The van der Waals surface area contributed by atoms with Crippen LogP contribution in [0.3, 0.4) is 0 Å². The number of anilines is 1. The first kappa shape index (κ1) is 19.4. The highest BCUT2D eigenvalue weighted by molar-refractivity contribution is 5.97. The standard InChI is InChI=1S/C15H23N3O2.ClH/c1-10-9-12(17-14(19)8-5-11(2)16)6-7-13(10)15(20)18(3)4;/h6-7,9,11H,5,8,16H2,1-4H3,(H,17,19);1H. The van der Waals surface area contributed by atoms with Crippen LogP contribution in [0.25, 0.3) is 0 Å². The predicted octanol–water partition coefficient (Wildman–Crippen LogP) is 2.18. The molecular formula is C15H24ClN3O2. The number of amides is 2. The Bertz CT molecular complexity index is 502. The lowest BCUT2D eigenvalue weighted by Gasteiger charge is -2.14. The van der Waals surface area contributed by atoms with E-state index in [0.717, 1.165) is 5.56 Å². The maximum absolute atomic E-state index is 11.9. The quantitative estimate of drug-likeness (QED) is 0.875. The van der Waals surface area contributed by atoms with Crippen molar-refractivity contribution in [3.63, 3.8) is 0 Å². The van der Waals surface area contributed by atoms with Gasteiger partial charge < -0.3 is 16.0 Å². The van der Waals surface area contributed by atoms with Crippen molar-refractivity contribution in [1.29, 1.82) is 0 Å². The maximum atomic E-state index is 11.9. The first-order chi connectivity index (χ1) is 9.31. The van der Waals surface area contributed by atoms with Gasteiger partial charge in [0.15, 0.2) is 0 Å². The summed E-state index contributed by atoms with van der Waals surface area (Å²) in [6.45, 7) is 3.73. The topological polar surface area (TPSA) is 75.4 Å². The number of nitrogens with one attached hydrogen (secondary N) is 1. The smallest absolute Gasteiger partial charge is 0.253 e. The number of carbonyl (C=O) groups is 2. The molecule has 0 heterocycles. The molecule has 0 aliphatic heterocycles. The third-order valence-electron chi connectivity index (χ3n) is 2.97. The van der Waals surface area contributed by atoms with Crippen molar-refractivity contribution in [1.82, 2.24) is 4.90 Å². The third kappa shape index (κ3) is 6.14. The molecule has 0 spiro atoms. The summed E-state index contributed by atoms with van der Waals surface area (Å²) in [6.07, 6.45) is 1.05. The van der Waals surface area contributed by atoms with Gasteiger partial charge in [-0.25, -0.2) is 0 Å². The number of rotatable bonds is 5. The van der Waals surface area contributed by atoms with Crippen LogP contribution in [-0.4, -0.2) is 36.9 Å². The van der Waals surface area contributed by atoms with E-state index >= 15 is 0 Å². The molecule has 0 fully saturated rings. The van der Waals surface area contributed by atoms with E-state index < -0.39 is 0 Å². The molecule has 0 aliphatic carbocycles. The van der Waals surface area contributed by atoms with Gasteiger partial charge in [0.25, 0.3) is 5.91 Å². The average molecular weight is 314 g/mol. The summed E-state index contributed by atoms with van der Waals surface area (Å²) in [5.74, 6) is -0.106. The number of carbonyl (C=O) groups excluding carboxylic acids is 2. The molecular weight excluding hydrogens is 290 g/mol. The second kappa shape index (κ2) is 8.64. The van der Waals surface area contributed by atoms with Gasteiger partial charge in [-0.1, -0.05) is 0 Å². The van der Waals surface area contributed by atoms with Crippen LogP contribution in [-0.2, 0) is 4.79 Å². The van der Waals surface area contributed by atoms with E-state index in [1.54, 1.807) is 32.3 Å². The molecule has 1 atom stereocenters. The Morgan fingerprint density at radius 3 is 2.43 bits per heavy atom. The molecule has 21 heavy (non-hydrogen) atoms. The van der Waals surface area contributed by atoms with Crippen LogP contribution in [0, 0.1) is 6.92 Å². The number of halogens is 1. The number of hydrogen-bond donors (Lipinski definition) is 2. The fraction of sp³-hybridized carbons (Fsp3) is 0.467. The summed E-state index contributed by atoms with van der Waals surface area (Å²) in [5, 5.41) is 2.81. The Morgan fingerprint density at radius 1 is 1.33 bits per heavy atom. The highest BCUT2D eigenvalue weighted by Gasteiger charge is 2.12. The van der Waals surface area contributed by atoms with Crippen molar-refractivity contribution in [3.8, 4) is 0 Å². The normalized spacial score (nSPS) is 11.3. The number of nitrogens with two attached hydrogens (primary N) is 1. The molecule has 1 aromatic rings. The largest absolute Gasteiger partial charge is 0.345 e. The number of nitrogens with zero attached hydrogens (tertiary/aromatic N) is 1. The van der Waals surface area contributed by atoms with E-state index in [2.05, 4.69) is 5.32 Å². The summed E-state index contributed by atoms with van der Waals surface area (Å²) in [6, 6.07) is 5.30. The van der Waals surface area contributed by atoms with E-state index in [1.165, 1.54) is 4.90 Å². The Labute approximate surface area is 132 Å². The average Bonchev–Trinajstić information content (AvgIpc) is 2.35. The molecule has 6 heteroatoms. The SMILES string of the molecule is Cc1cc(NC(=O)CCC(C)N)ccc1C(=O)N(C)C.Cl. The summed E-state index contributed by atoms with van der Waals surface area (Å²) in [5.41, 5.74) is 7.80. The van der Waals surface area contributed by atoms with E-state index in [1.807, 2.05) is 13.8 Å². The molecule has 0 radical (unpaired) electrons. The molecule has 2 amide bonds. The zero-order chi connectivity index (χ0) is 15.3. The van der Waals surface area contributed by atoms with Gasteiger partial charge in [0.2, 0.25) is 5.91 Å². The number of hydrogen-bond acceptors (Lipinski definition) is 3. The van der Waals surface area contributed by atoms with Crippen molar-refractivity contribution >= 4 is 29.9 Å². The van der Waals surface area contributed by atoms with Crippen molar-refractivity contribution in [2.24, 2.45) is 5.73 Å². The molecule has 0 aromatic heterocycles. The minimum Gasteiger partial charge on any atom is -0.345 e. The van der Waals surface area contributed by atoms with Gasteiger partial charge in [-0.2, -0.15) is 0 Å². The van der Waals surface area contributed by atoms with E-state index in [4.69, 9.17) is 5.73 Å². The summed E-state index contributed by atoms with van der Waals surface area (Å²) >= 11 is 0. The highest BCUT2D eigenvalue weighted by atomic mass is 35.5. The molecule has 0 bridgehead atoms. The van der Waals surface area contributed by atoms with Crippen LogP contribution in [0.2, 0.25) is 0 Å².